The molecule has 1 aliphatic heterocycles. The maximum absolute atomic E-state index is 12.3. The molecule has 5 atom stereocenters. The van der Waals surface area contributed by atoms with E-state index >= 15 is 0 Å². The first kappa shape index (κ1) is 32.5. The van der Waals surface area contributed by atoms with Crippen molar-refractivity contribution >= 4 is 32.5 Å². The van der Waals surface area contributed by atoms with Gasteiger partial charge in [0, 0.05) is 17.1 Å². The molecule has 8 rings (SSSR count). The SMILES string of the molecule is O[C@@H]1[C@@H](OCc2ccccc2)[C@H](OCc2ccccc2)[C@@H](COCc2ccccc2)O[C@H]1n1cc(-c2nc3ccccc3s2)c2ccccc21. The maximum atomic E-state index is 12.3. The smallest absolute Gasteiger partial charge is 0.163 e. The molecule has 5 aromatic carbocycles. The summed E-state index contributed by atoms with van der Waals surface area (Å²) in [4.78, 5) is 4.98. The Bertz CT molecular complexity index is 2100. The number of hydrogen-bond donors (Lipinski definition) is 1. The summed E-state index contributed by atoms with van der Waals surface area (Å²) in [6, 6.07) is 46.4. The number of aliphatic hydroxyl groups is 1. The number of nitrogens with zero attached hydrogens (tertiary/aromatic N) is 2. The highest BCUT2D eigenvalue weighted by Crippen LogP contribution is 2.40. The molecular formula is C42H38N2O5S. The minimum Gasteiger partial charge on any atom is -0.386 e. The van der Waals surface area contributed by atoms with Crippen molar-refractivity contribution in [3.8, 4) is 10.6 Å². The number of para-hydroxylation sites is 2. The fraction of sp³-hybridized carbons (Fsp3) is 0.214. The van der Waals surface area contributed by atoms with Gasteiger partial charge in [-0.25, -0.2) is 4.98 Å². The van der Waals surface area contributed by atoms with Crippen molar-refractivity contribution in [2.75, 3.05) is 6.61 Å². The number of ether oxygens (including phenoxy) is 4. The van der Waals surface area contributed by atoms with Gasteiger partial charge in [0.2, 0.25) is 0 Å². The number of fused-ring (bicyclic) bond motifs is 2. The molecule has 3 heterocycles. The van der Waals surface area contributed by atoms with E-state index < -0.39 is 30.6 Å². The minimum atomic E-state index is -1.07. The second kappa shape index (κ2) is 15.1. The summed E-state index contributed by atoms with van der Waals surface area (Å²) in [7, 11) is 0. The Balaban J connectivity index is 1.16. The molecule has 1 saturated heterocycles. The van der Waals surface area contributed by atoms with Crippen LogP contribution in [-0.4, -0.2) is 45.7 Å². The van der Waals surface area contributed by atoms with Crippen molar-refractivity contribution in [3.05, 3.63) is 162 Å². The van der Waals surface area contributed by atoms with Crippen LogP contribution < -0.4 is 0 Å². The van der Waals surface area contributed by atoms with Gasteiger partial charge in [0.05, 0.1) is 42.2 Å². The van der Waals surface area contributed by atoms with E-state index in [0.717, 1.165) is 48.4 Å². The topological polar surface area (TPSA) is 75.0 Å². The van der Waals surface area contributed by atoms with Crippen molar-refractivity contribution in [2.45, 2.75) is 50.5 Å². The third kappa shape index (κ3) is 7.00. The number of aliphatic hydroxyl groups excluding tert-OH is 1. The summed E-state index contributed by atoms with van der Waals surface area (Å²) in [6.45, 7) is 1.30. The first-order valence-corrected chi connectivity index (χ1v) is 17.7. The highest BCUT2D eigenvalue weighted by molar-refractivity contribution is 7.21. The van der Waals surface area contributed by atoms with Crippen molar-refractivity contribution in [1.29, 1.82) is 0 Å². The van der Waals surface area contributed by atoms with Gasteiger partial charge in [-0.15, -0.1) is 11.3 Å². The zero-order valence-corrected chi connectivity index (χ0v) is 28.3. The highest BCUT2D eigenvalue weighted by atomic mass is 32.1. The van der Waals surface area contributed by atoms with E-state index in [1.807, 2.05) is 126 Å². The zero-order chi connectivity index (χ0) is 33.7. The van der Waals surface area contributed by atoms with Crippen LogP contribution in [0.1, 0.15) is 22.9 Å². The lowest BCUT2D eigenvalue weighted by Gasteiger charge is -2.45. The van der Waals surface area contributed by atoms with Crippen LogP contribution in [0.25, 0.3) is 31.7 Å². The van der Waals surface area contributed by atoms with Crippen LogP contribution in [0.15, 0.2) is 146 Å². The van der Waals surface area contributed by atoms with Gasteiger partial charge in [-0.2, -0.15) is 0 Å². The fourth-order valence-corrected chi connectivity index (χ4v) is 7.63. The van der Waals surface area contributed by atoms with Gasteiger partial charge in [-0.05, 0) is 34.9 Å². The quantitative estimate of drug-likeness (QED) is 0.139. The van der Waals surface area contributed by atoms with Gasteiger partial charge in [0.1, 0.15) is 29.4 Å². The Morgan fingerprint density at radius 3 is 1.92 bits per heavy atom. The molecule has 7 nitrogen and oxygen atoms in total. The van der Waals surface area contributed by atoms with E-state index in [4.69, 9.17) is 23.9 Å². The summed E-state index contributed by atoms with van der Waals surface area (Å²) in [5.41, 5.74) is 5.97. The number of thiazole rings is 1. The van der Waals surface area contributed by atoms with Crippen LogP contribution in [0, 0.1) is 0 Å². The predicted octanol–water partition coefficient (Wildman–Crippen LogP) is 8.56. The Kier molecular flexibility index (Phi) is 9.80. The number of hydrogen-bond acceptors (Lipinski definition) is 7. The third-order valence-corrected chi connectivity index (χ3v) is 10.2. The van der Waals surface area contributed by atoms with Crippen LogP contribution in [-0.2, 0) is 38.8 Å². The Morgan fingerprint density at radius 2 is 1.24 bits per heavy atom. The van der Waals surface area contributed by atoms with Gasteiger partial charge in [0.25, 0.3) is 0 Å². The lowest BCUT2D eigenvalue weighted by atomic mass is 9.97. The molecule has 252 valence electrons. The molecule has 50 heavy (non-hydrogen) atoms. The fourth-order valence-electron chi connectivity index (χ4n) is 6.64. The van der Waals surface area contributed by atoms with Gasteiger partial charge in [0.15, 0.2) is 6.23 Å². The molecular weight excluding hydrogens is 645 g/mol. The van der Waals surface area contributed by atoms with E-state index in [1.54, 1.807) is 11.3 Å². The van der Waals surface area contributed by atoms with E-state index in [2.05, 4.69) is 24.4 Å². The summed E-state index contributed by atoms with van der Waals surface area (Å²) in [6.07, 6.45) is -1.70. The number of aromatic nitrogens is 2. The normalized spacial score (nSPS) is 20.8. The standard InChI is InChI=1S/C42H38N2O5S/c45-38-40(48-27-31-18-8-3-9-19-31)39(47-26-30-16-6-2-7-17-30)36(28-46-25-29-14-4-1-5-15-29)49-42(38)44-24-33(32-20-10-12-22-35(32)44)41-43-34-21-11-13-23-37(34)50-41/h1-24,36,38-40,42,45H,25-28H2/t36-,38-,39-,40-,42-/m1/s1. The first-order chi connectivity index (χ1) is 24.7. The molecule has 2 aromatic heterocycles. The van der Waals surface area contributed by atoms with Crippen LogP contribution in [0.3, 0.4) is 0 Å². The summed E-state index contributed by atoms with van der Waals surface area (Å²) in [5, 5.41) is 14.2. The zero-order valence-electron chi connectivity index (χ0n) is 27.5. The van der Waals surface area contributed by atoms with Gasteiger partial charge in [-0.1, -0.05) is 121 Å². The van der Waals surface area contributed by atoms with Gasteiger partial charge < -0.3 is 28.6 Å². The van der Waals surface area contributed by atoms with Crippen molar-refractivity contribution in [2.24, 2.45) is 0 Å². The molecule has 0 saturated carbocycles. The largest absolute Gasteiger partial charge is 0.386 e. The van der Waals surface area contributed by atoms with Crippen LogP contribution in [0.2, 0.25) is 0 Å². The van der Waals surface area contributed by atoms with E-state index in [1.165, 1.54) is 0 Å². The molecule has 0 spiro atoms. The Morgan fingerprint density at radius 1 is 0.660 bits per heavy atom. The molecule has 1 N–H and O–H groups in total. The molecule has 0 amide bonds. The molecule has 0 radical (unpaired) electrons. The van der Waals surface area contributed by atoms with Gasteiger partial charge >= 0.3 is 0 Å². The average Bonchev–Trinajstić information content (AvgIpc) is 3.77. The summed E-state index contributed by atoms with van der Waals surface area (Å²) >= 11 is 1.65. The molecule has 0 unspecified atom stereocenters. The van der Waals surface area contributed by atoms with Crippen molar-refractivity contribution < 1.29 is 24.1 Å². The molecule has 1 aliphatic rings. The maximum Gasteiger partial charge on any atom is 0.163 e. The van der Waals surface area contributed by atoms with E-state index in [9.17, 15) is 5.11 Å². The minimum absolute atomic E-state index is 0.243. The Hall–Kier alpha value is -4.67. The molecule has 1 fully saturated rings. The summed E-state index contributed by atoms with van der Waals surface area (Å²) < 4.78 is 29.6. The highest BCUT2D eigenvalue weighted by Gasteiger charge is 2.48. The summed E-state index contributed by atoms with van der Waals surface area (Å²) in [5.74, 6) is 0. The first-order valence-electron chi connectivity index (χ1n) is 16.9. The molecule has 0 aliphatic carbocycles. The monoisotopic (exact) mass is 682 g/mol. The number of benzene rings is 5. The van der Waals surface area contributed by atoms with Crippen LogP contribution in [0.5, 0.6) is 0 Å². The van der Waals surface area contributed by atoms with Crippen LogP contribution >= 0.6 is 11.3 Å². The number of rotatable bonds is 12. The van der Waals surface area contributed by atoms with Crippen molar-refractivity contribution in [1.82, 2.24) is 9.55 Å². The van der Waals surface area contributed by atoms with E-state index in [0.29, 0.717) is 19.8 Å². The molecule has 0 bridgehead atoms. The lowest BCUT2D eigenvalue weighted by Crippen LogP contribution is -2.58. The van der Waals surface area contributed by atoms with Crippen molar-refractivity contribution in [3.63, 3.8) is 0 Å². The molecule has 8 heteroatoms. The second-order valence-electron chi connectivity index (χ2n) is 12.5. The molecule has 7 aromatic rings. The second-order valence-corrected chi connectivity index (χ2v) is 13.6. The average molecular weight is 683 g/mol. The van der Waals surface area contributed by atoms with Gasteiger partial charge in [-0.3, -0.25) is 0 Å². The Labute approximate surface area is 295 Å². The van der Waals surface area contributed by atoms with Crippen LogP contribution in [0.4, 0.5) is 0 Å². The third-order valence-electron chi connectivity index (χ3n) is 9.14. The van der Waals surface area contributed by atoms with E-state index in [-0.39, 0.29) is 6.61 Å². The predicted molar refractivity (Wildman–Crippen MR) is 197 cm³/mol. The lowest BCUT2D eigenvalue weighted by molar-refractivity contribution is -0.278.